The highest BCUT2D eigenvalue weighted by Gasteiger charge is 2.25. The van der Waals surface area contributed by atoms with Crippen molar-refractivity contribution in [1.82, 2.24) is 14.5 Å². The van der Waals surface area contributed by atoms with E-state index in [2.05, 4.69) is 5.32 Å². The molecular formula is C18H27N3O5S. The smallest absolute Gasteiger partial charge is 0.317 e. The van der Waals surface area contributed by atoms with Gasteiger partial charge in [0, 0.05) is 33.2 Å². The first-order valence-electron chi connectivity index (χ1n) is 9.02. The lowest BCUT2D eigenvalue weighted by molar-refractivity contribution is -0.141. The summed E-state index contributed by atoms with van der Waals surface area (Å²) in [5.41, 5.74) is 0.764. The van der Waals surface area contributed by atoms with Gasteiger partial charge in [-0.2, -0.15) is 4.31 Å². The van der Waals surface area contributed by atoms with E-state index in [4.69, 9.17) is 5.11 Å². The molecule has 1 aromatic rings. The van der Waals surface area contributed by atoms with Crippen LogP contribution in [0.4, 0.5) is 4.79 Å². The van der Waals surface area contributed by atoms with Gasteiger partial charge in [-0.15, -0.1) is 0 Å². The fourth-order valence-electron chi connectivity index (χ4n) is 2.92. The summed E-state index contributed by atoms with van der Waals surface area (Å²) in [7, 11) is -1.93. The van der Waals surface area contributed by atoms with E-state index in [1.165, 1.54) is 23.2 Å². The highest BCUT2D eigenvalue weighted by Crippen LogP contribution is 2.20. The summed E-state index contributed by atoms with van der Waals surface area (Å²) in [5, 5.41) is 11.6. The summed E-state index contributed by atoms with van der Waals surface area (Å²) in [5.74, 6) is -1.61. The van der Waals surface area contributed by atoms with Crippen LogP contribution in [0.1, 0.15) is 31.7 Å². The molecule has 0 aliphatic carbocycles. The zero-order valence-electron chi connectivity index (χ0n) is 15.7. The van der Waals surface area contributed by atoms with Crippen LogP contribution in [0.15, 0.2) is 29.2 Å². The molecule has 0 aromatic heterocycles. The largest absolute Gasteiger partial charge is 0.481 e. The van der Waals surface area contributed by atoms with Gasteiger partial charge in [-0.25, -0.2) is 13.2 Å². The monoisotopic (exact) mass is 397 g/mol. The molecule has 2 rings (SSSR count). The standard InChI is InChI=1S/C18H27N3O5S/c1-14(17(22)23)13-20(2)18(24)19-12-15-6-8-16(9-7-15)27(25,26)21-10-4-3-5-11-21/h6-9,14H,3-5,10-13H2,1-2H3,(H,19,24)(H,22,23). The number of carbonyl (C=O) groups excluding carboxylic acids is 1. The number of nitrogens with one attached hydrogen (secondary N) is 1. The molecule has 8 nitrogen and oxygen atoms in total. The van der Waals surface area contributed by atoms with Gasteiger partial charge in [-0.1, -0.05) is 25.5 Å². The number of hydrogen-bond donors (Lipinski definition) is 2. The minimum absolute atomic E-state index is 0.105. The molecule has 1 fully saturated rings. The predicted molar refractivity (Wildman–Crippen MR) is 101 cm³/mol. The molecule has 9 heteroatoms. The van der Waals surface area contributed by atoms with Crippen LogP contribution >= 0.6 is 0 Å². The maximum atomic E-state index is 12.6. The fourth-order valence-corrected chi connectivity index (χ4v) is 4.44. The van der Waals surface area contributed by atoms with Gasteiger partial charge in [-0.05, 0) is 30.5 Å². The number of nitrogens with zero attached hydrogens (tertiary/aromatic N) is 2. The van der Waals surface area contributed by atoms with E-state index in [-0.39, 0.29) is 24.0 Å². The second-order valence-electron chi connectivity index (χ2n) is 6.89. The van der Waals surface area contributed by atoms with Crippen LogP contribution in [-0.4, -0.2) is 61.4 Å². The van der Waals surface area contributed by atoms with E-state index in [1.54, 1.807) is 24.3 Å². The average molecular weight is 397 g/mol. The van der Waals surface area contributed by atoms with Gasteiger partial charge in [0.05, 0.1) is 10.8 Å². The summed E-state index contributed by atoms with van der Waals surface area (Å²) in [6, 6.07) is 6.09. The van der Waals surface area contributed by atoms with Crippen molar-refractivity contribution in [3.05, 3.63) is 29.8 Å². The lowest BCUT2D eigenvalue weighted by atomic mass is 10.2. The number of benzene rings is 1. The summed E-state index contributed by atoms with van der Waals surface area (Å²) in [6.07, 6.45) is 2.83. The van der Waals surface area contributed by atoms with Crippen LogP contribution in [0.25, 0.3) is 0 Å². The van der Waals surface area contributed by atoms with Crippen molar-refractivity contribution in [3.63, 3.8) is 0 Å². The molecule has 1 saturated heterocycles. The van der Waals surface area contributed by atoms with Crippen LogP contribution in [0.2, 0.25) is 0 Å². The van der Waals surface area contributed by atoms with Crippen LogP contribution in [0, 0.1) is 5.92 Å². The fraction of sp³-hybridized carbons (Fsp3) is 0.556. The van der Waals surface area contributed by atoms with Crippen LogP contribution in [0.5, 0.6) is 0 Å². The molecule has 150 valence electrons. The van der Waals surface area contributed by atoms with Crippen molar-refractivity contribution in [3.8, 4) is 0 Å². The third kappa shape index (κ3) is 5.67. The first kappa shape index (κ1) is 21.2. The van der Waals surface area contributed by atoms with E-state index in [0.29, 0.717) is 13.1 Å². The summed E-state index contributed by atoms with van der Waals surface area (Å²) in [4.78, 5) is 24.4. The molecule has 27 heavy (non-hydrogen) atoms. The summed E-state index contributed by atoms with van der Waals surface area (Å²) >= 11 is 0. The van der Waals surface area contributed by atoms with Crippen molar-refractivity contribution in [1.29, 1.82) is 0 Å². The van der Waals surface area contributed by atoms with Gasteiger partial charge in [-0.3, -0.25) is 4.79 Å². The number of urea groups is 1. The molecule has 1 heterocycles. The molecule has 1 aliphatic rings. The summed E-state index contributed by atoms with van der Waals surface area (Å²) < 4.78 is 26.7. The van der Waals surface area contributed by atoms with Crippen LogP contribution < -0.4 is 5.32 Å². The van der Waals surface area contributed by atoms with E-state index in [9.17, 15) is 18.0 Å². The van der Waals surface area contributed by atoms with Gasteiger partial charge >= 0.3 is 12.0 Å². The van der Waals surface area contributed by atoms with Gasteiger partial charge in [0.15, 0.2) is 0 Å². The second-order valence-corrected chi connectivity index (χ2v) is 8.83. The van der Waals surface area contributed by atoms with Crippen LogP contribution in [-0.2, 0) is 21.4 Å². The van der Waals surface area contributed by atoms with E-state index < -0.39 is 21.9 Å². The molecule has 2 N–H and O–H groups in total. The van der Waals surface area contributed by atoms with Crippen molar-refractivity contribution in [2.45, 2.75) is 37.6 Å². The molecule has 1 atom stereocenters. The number of carbonyl (C=O) groups is 2. The molecule has 0 saturated carbocycles. The first-order valence-corrected chi connectivity index (χ1v) is 10.5. The van der Waals surface area contributed by atoms with Gasteiger partial charge in [0.25, 0.3) is 0 Å². The molecule has 1 aliphatic heterocycles. The maximum Gasteiger partial charge on any atom is 0.317 e. The van der Waals surface area contributed by atoms with E-state index in [1.807, 2.05) is 0 Å². The number of carboxylic acid groups (broad SMARTS) is 1. The predicted octanol–water partition coefficient (Wildman–Crippen LogP) is 1.72. The van der Waals surface area contributed by atoms with E-state index in [0.717, 1.165) is 24.8 Å². The summed E-state index contributed by atoms with van der Waals surface area (Å²) in [6.45, 7) is 2.99. The maximum absolute atomic E-state index is 12.6. The Morgan fingerprint density at radius 2 is 1.78 bits per heavy atom. The topological polar surface area (TPSA) is 107 Å². The SMILES string of the molecule is CC(CN(C)C(=O)NCc1ccc(S(=O)(=O)N2CCCCC2)cc1)C(=O)O. The Balaban J connectivity index is 1.91. The number of rotatable bonds is 7. The minimum Gasteiger partial charge on any atom is -0.481 e. The second kappa shape index (κ2) is 9.18. The average Bonchev–Trinajstić information content (AvgIpc) is 2.66. The number of amides is 2. The number of aliphatic carboxylic acids is 1. The quantitative estimate of drug-likeness (QED) is 0.729. The minimum atomic E-state index is -3.46. The third-order valence-corrected chi connectivity index (χ3v) is 6.55. The Kier molecular flexibility index (Phi) is 7.20. The molecule has 0 radical (unpaired) electrons. The molecule has 2 amide bonds. The van der Waals surface area contributed by atoms with Crippen LogP contribution in [0.3, 0.4) is 0 Å². The van der Waals surface area contributed by atoms with Crippen molar-refractivity contribution in [2.75, 3.05) is 26.7 Å². The number of carboxylic acids is 1. The van der Waals surface area contributed by atoms with Gasteiger partial charge in [0.2, 0.25) is 10.0 Å². The number of sulfonamides is 1. The van der Waals surface area contributed by atoms with Crippen molar-refractivity contribution < 1.29 is 23.1 Å². The molecule has 0 spiro atoms. The molecule has 1 aromatic carbocycles. The van der Waals surface area contributed by atoms with Crippen molar-refractivity contribution in [2.24, 2.45) is 5.92 Å². The lowest BCUT2D eigenvalue weighted by Gasteiger charge is -2.25. The zero-order valence-corrected chi connectivity index (χ0v) is 16.5. The zero-order chi connectivity index (χ0) is 20.0. The lowest BCUT2D eigenvalue weighted by Crippen LogP contribution is -2.40. The Morgan fingerprint density at radius 3 is 2.33 bits per heavy atom. The van der Waals surface area contributed by atoms with Gasteiger partial charge < -0.3 is 15.3 Å². The third-order valence-electron chi connectivity index (χ3n) is 4.64. The molecular weight excluding hydrogens is 370 g/mol. The molecule has 0 bridgehead atoms. The first-order chi connectivity index (χ1) is 12.7. The Morgan fingerprint density at radius 1 is 1.19 bits per heavy atom. The highest BCUT2D eigenvalue weighted by atomic mass is 32.2. The molecule has 1 unspecified atom stereocenters. The van der Waals surface area contributed by atoms with Gasteiger partial charge in [0.1, 0.15) is 0 Å². The Bertz CT molecular complexity index is 758. The highest BCUT2D eigenvalue weighted by molar-refractivity contribution is 7.89. The number of piperidine rings is 1. The normalized spacial score (nSPS) is 16.5. The Hall–Kier alpha value is -2.13. The Labute approximate surface area is 160 Å². The number of hydrogen-bond acceptors (Lipinski definition) is 4. The van der Waals surface area contributed by atoms with E-state index >= 15 is 0 Å². The van der Waals surface area contributed by atoms with Crippen molar-refractivity contribution >= 4 is 22.0 Å².